The summed E-state index contributed by atoms with van der Waals surface area (Å²) < 4.78 is 4.69. The van der Waals surface area contributed by atoms with Gasteiger partial charge in [0.05, 0.1) is 7.11 Å². The molecule has 5 N–H and O–H groups in total. The molecule has 0 saturated carbocycles. The molecule has 0 spiro atoms. The van der Waals surface area contributed by atoms with Crippen molar-refractivity contribution in [2.75, 3.05) is 20.2 Å². The van der Waals surface area contributed by atoms with E-state index in [1.165, 1.54) is 7.11 Å². The lowest BCUT2D eigenvalue weighted by Crippen LogP contribution is -2.41. The van der Waals surface area contributed by atoms with Crippen LogP contribution in [0.25, 0.3) is 0 Å². The first-order valence-electron chi connectivity index (χ1n) is 6.93. The van der Waals surface area contributed by atoms with Crippen molar-refractivity contribution in [2.45, 2.75) is 51.0 Å². The second-order valence-corrected chi connectivity index (χ2v) is 4.53. The van der Waals surface area contributed by atoms with Crippen LogP contribution in [0, 0.1) is 0 Å². The molecule has 19 heavy (non-hydrogen) atoms. The molecule has 0 aliphatic heterocycles. The number of hydrogen-bond acceptors (Lipinski definition) is 5. The second kappa shape index (κ2) is 11.9. The molecule has 0 bridgehead atoms. The highest BCUT2D eigenvalue weighted by Crippen LogP contribution is 2.04. The number of carbonyl (C=O) groups excluding carboxylic acids is 2. The Morgan fingerprint density at radius 3 is 2.26 bits per heavy atom. The number of hydrogen-bond donors (Lipinski definition) is 3. The van der Waals surface area contributed by atoms with Gasteiger partial charge < -0.3 is 21.5 Å². The zero-order chi connectivity index (χ0) is 14.5. The van der Waals surface area contributed by atoms with Crippen LogP contribution < -0.4 is 16.8 Å². The number of unbranched alkanes of at least 4 members (excludes halogenated alkanes) is 3. The number of carbonyl (C=O) groups is 2. The molecule has 1 atom stereocenters. The number of rotatable bonds is 11. The Hall–Kier alpha value is -1.14. The average Bonchev–Trinajstić information content (AvgIpc) is 2.42. The van der Waals surface area contributed by atoms with Crippen LogP contribution in [-0.4, -0.2) is 38.1 Å². The first-order chi connectivity index (χ1) is 9.15. The molecular weight excluding hydrogens is 246 g/mol. The van der Waals surface area contributed by atoms with E-state index in [2.05, 4.69) is 10.1 Å². The van der Waals surface area contributed by atoms with Gasteiger partial charge in [-0.3, -0.25) is 4.79 Å². The summed E-state index contributed by atoms with van der Waals surface area (Å²) in [4.78, 5) is 23.2. The van der Waals surface area contributed by atoms with Gasteiger partial charge in [-0.15, -0.1) is 0 Å². The van der Waals surface area contributed by atoms with Crippen molar-refractivity contribution >= 4 is 11.9 Å². The molecule has 0 aliphatic carbocycles. The first-order valence-corrected chi connectivity index (χ1v) is 6.93. The molecule has 0 heterocycles. The molecule has 1 amide bonds. The van der Waals surface area contributed by atoms with Crippen molar-refractivity contribution in [1.29, 1.82) is 0 Å². The van der Waals surface area contributed by atoms with Crippen LogP contribution in [0.2, 0.25) is 0 Å². The predicted octanol–water partition coefficient (Wildman–Crippen LogP) is 0.292. The normalized spacial score (nSPS) is 11.9. The Labute approximate surface area is 115 Å². The van der Waals surface area contributed by atoms with Crippen molar-refractivity contribution in [3.05, 3.63) is 0 Å². The minimum atomic E-state index is -0.557. The minimum absolute atomic E-state index is 0.111. The number of methoxy groups -OCH3 is 1. The van der Waals surface area contributed by atoms with E-state index in [4.69, 9.17) is 11.5 Å². The van der Waals surface area contributed by atoms with Gasteiger partial charge in [0.1, 0.15) is 6.04 Å². The Bertz CT molecular complexity index is 260. The Morgan fingerprint density at radius 2 is 1.68 bits per heavy atom. The summed E-state index contributed by atoms with van der Waals surface area (Å²) in [6.07, 6.45) is 5.26. The largest absolute Gasteiger partial charge is 0.467 e. The lowest BCUT2D eigenvalue weighted by Gasteiger charge is -2.16. The number of esters is 1. The summed E-state index contributed by atoms with van der Waals surface area (Å²) in [6.45, 7) is 1.23. The van der Waals surface area contributed by atoms with Crippen LogP contribution >= 0.6 is 0 Å². The molecule has 6 nitrogen and oxygen atoms in total. The highest BCUT2D eigenvalue weighted by atomic mass is 16.5. The van der Waals surface area contributed by atoms with Crippen LogP contribution in [0.1, 0.15) is 44.9 Å². The molecule has 0 aromatic rings. The SMILES string of the molecule is COC(=O)C(CCCCN)NC(=O)CCCCCN. The number of nitrogens with two attached hydrogens (primary N) is 2. The maximum atomic E-state index is 11.7. The predicted molar refractivity (Wildman–Crippen MR) is 74.4 cm³/mol. The van der Waals surface area contributed by atoms with Crippen LogP contribution in [-0.2, 0) is 14.3 Å². The van der Waals surface area contributed by atoms with Gasteiger partial charge >= 0.3 is 5.97 Å². The summed E-state index contributed by atoms with van der Waals surface area (Å²) in [5, 5.41) is 2.72. The van der Waals surface area contributed by atoms with E-state index in [0.29, 0.717) is 25.9 Å². The number of amides is 1. The summed E-state index contributed by atoms with van der Waals surface area (Å²) >= 11 is 0. The van der Waals surface area contributed by atoms with Gasteiger partial charge in [0.15, 0.2) is 0 Å². The van der Waals surface area contributed by atoms with Gasteiger partial charge in [0.25, 0.3) is 0 Å². The van der Waals surface area contributed by atoms with Crippen molar-refractivity contribution in [1.82, 2.24) is 5.32 Å². The zero-order valence-corrected chi connectivity index (χ0v) is 11.8. The zero-order valence-electron chi connectivity index (χ0n) is 11.8. The molecule has 112 valence electrons. The molecule has 6 heteroatoms. The topological polar surface area (TPSA) is 107 Å². The molecular formula is C13H27N3O3. The molecule has 0 aromatic heterocycles. The van der Waals surface area contributed by atoms with Crippen molar-refractivity contribution in [2.24, 2.45) is 11.5 Å². The lowest BCUT2D eigenvalue weighted by molar-refractivity contribution is -0.145. The van der Waals surface area contributed by atoms with Gasteiger partial charge in [0, 0.05) is 6.42 Å². The van der Waals surface area contributed by atoms with Crippen molar-refractivity contribution in [3.63, 3.8) is 0 Å². The highest BCUT2D eigenvalue weighted by molar-refractivity contribution is 5.84. The first kappa shape index (κ1) is 17.9. The maximum Gasteiger partial charge on any atom is 0.328 e. The van der Waals surface area contributed by atoms with E-state index in [1.54, 1.807) is 0 Å². The smallest absolute Gasteiger partial charge is 0.328 e. The quantitative estimate of drug-likeness (QED) is 0.370. The fourth-order valence-corrected chi connectivity index (χ4v) is 1.76. The van der Waals surface area contributed by atoms with Gasteiger partial charge in [-0.1, -0.05) is 6.42 Å². The third-order valence-electron chi connectivity index (χ3n) is 2.88. The number of ether oxygens (including phenoxy) is 1. The van der Waals surface area contributed by atoms with Crippen LogP contribution in [0.4, 0.5) is 0 Å². The molecule has 0 rings (SSSR count). The summed E-state index contributed by atoms with van der Waals surface area (Å²) in [6, 6.07) is -0.557. The van der Waals surface area contributed by atoms with Crippen molar-refractivity contribution < 1.29 is 14.3 Å². The highest BCUT2D eigenvalue weighted by Gasteiger charge is 2.20. The van der Waals surface area contributed by atoms with Gasteiger partial charge in [-0.05, 0) is 45.2 Å². The third-order valence-corrected chi connectivity index (χ3v) is 2.88. The van der Waals surface area contributed by atoms with Gasteiger partial charge in [0.2, 0.25) is 5.91 Å². The van der Waals surface area contributed by atoms with E-state index in [-0.39, 0.29) is 5.91 Å². The Kier molecular flexibility index (Phi) is 11.2. The van der Waals surface area contributed by atoms with Crippen LogP contribution in [0.5, 0.6) is 0 Å². The molecule has 0 radical (unpaired) electrons. The molecule has 1 unspecified atom stereocenters. The summed E-state index contributed by atoms with van der Waals surface area (Å²) in [7, 11) is 1.33. The monoisotopic (exact) mass is 273 g/mol. The Morgan fingerprint density at radius 1 is 1.05 bits per heavy atom. The van der Waals surface area contributed by atoms with E-state index >= 15 is 0 Å². The Balaban J connectivity index is 4.00. The lowest BCUT2D eigenvalue weighted by atomic mass is 10.1. The van der Waals surface area contributed by atoms with Gasteiger partial charge in [-0.2, -0.15) is 0 Å². The average molecular weight is 273 g/mol. The van der Waals surface area contributed by atoms with Crippen LogP contribution in [0.3, 0.4) is 0 Å². The summed E-state index contributed by atoms with van der Waals surface area (Å²) in [5.74, 6) is -0.507. The third kappa shape index (κ3) is 9.44. The summed E-state index contributed by atoms with van der Waals surface area (Å²) in [5.41, 5.74) is 10.8. The molecule has 0 aliphatic rings. The second-order valence-electron chi connectivity index (χ2n) is 4.53. The fourth-order valence-electron chi connectivity index (χ4n) is 1.76. The maximum absolute atomic E-state index is 11.7. The van der Waals surface area contributed by atoms with Crippen LogP contribution in [0.15, 0.2) is 0 Å². The van der Waals surface area contributed by atoms with E-state index in [1.807, 2.05) is 0 Å². The van der Waals surface area contributed by atoms with Gasteiger partial charge in [-0.25, -0.2) is 4.79 Å². The van der Waals surface area contributed by atoms with E-state index < -0.39 is 12.0 Å². The molecule has 0 saturated heterocycles. The minimum Gasteiger partial charge on any atom is -0.467 e. The fraction of sp³-hybridized carbons (Fsp3) is 0.846. The van der Waals surface area contributed by atoms with E-state index in [0.717, 1.165) is 32.1 Å². The standard InChI is InChI=1S/C13H27N3O3/c1-19-13(18)11(7-4-6-10-15)16-12(17)8-3-2-5-9-14/h11H,2-10,14-15H2,1H3,(H,16,17). The number of nitrogens with one attached hydrogen (secondary N) is 1. The molecule has 0 aromatic carbocycles. The molecule has 0 fully saturated rings. The van der Waals surface area contributed by atoms with Crippen molar-refractivity contribution in [3.8, 4) is 0 Å². The van der Waals surface area contributed by atoms with E-state index in [9.17, 15) is 9.59 Å².